The molecule has 0 saturated carbocycles. The van der Waals surface area contributed by atoms with Crippen LogP contribution in [0.4, 0.5) is 5.69 Å². The van der Waals surface area contributed by atoms with Crippen LogP contribution in [0.15, 0.2) is 53.7 Å². The number of nitrogens with two attached hydrogens (primary N) is 3. The van der Waals surface area contributed by atoms with Crippen molar-refractivity contribution in [1.29, 1.82) is 10.7 Å². The van der Waals surface area contributed by atoms with Gasteiger partial charge in [-0.2, -0.15) is 5.26 Å². The van der Waals surface area contributed by atoms with Gasteiger partial charge >= 0.3 is 5.97 Å². The highest BCUT2D eigenvalue weighted by Gasteiger charge is 2.21. The zero-order valence-corrected chi connectivity index (χ0v) is 16.7. The van der Waals surface area contributed by atoms with E-state index in [1.165, 1.54) is 42.7 Å². The van der Waals surface area contributed by atoms with Gasteiger partial charge in [0, 0.05) is 22.2 Å². The molecule has 0 aliphatic rings. The van der Waals surface area contributed by atoms with Crippen LogP contribution in [0.2, 0.25) is 0 Å². The zero-order valence-electron chi connectivity index (χ0n) is 15.9. The van der Waals surface area contributed by atoms with Gasteiger partial charge in [-0.1, -0.05) is 0 Å². The number of nitrogens with zero attached hydrogens (tertiary/aromatic N) is 1. The van der Waals surface area contributed by atoms with Crippen LogP contribution in [0.25, 0.3) is 5.57 Å². The largest absolute Gasteiger partial charge is 0.507 e. The van der Waals surface area contributed by atoms with Crippen LogP contribution in [0.1, 0.15) is 27.0 Å². The molecule has 0 unspecified atom stereocenters. The molecule has 0 fully saturated rings. The Kier molecular flexibility index (Phi) is 7.40. The van der Waals surface area contributed by atoms with Gasteiger partial charge in [-0.3, -0.25) is 15.3 Å². The molecule has 31 heavy (non-hydrogen) atoms. The van der Waals surface area contributed by atoms with E-state index in [1.807, 2.05) is 6.07 Å². The molecule has 0 radical (unpaired) electrons. The van der Waals surface area contributed by atoms with Crippen LogP contribution in [-0.2, 0) is 4.79 Å². The van der Waals surface area contributed by atoms with E-state index >= 15 is 0 Å². The maximum Gasteiger partial charge on any atom is 0.337 e. The van der Waals surface area contributed by atoms with Crippen molar-refractivity contribution < 1.29 is 19.8 Å². The molecule has 0 aliphatic carbocycles. The lowest BCUT2D eigenvalue weighted by Crippen LogP contribution is -2.24. The van der Waals surface area contributed by atoms with Gasteiger partial charge in [0.05, 0.1) is 22.9 Å². The number of benzene rings is 2. The summed E-state index contributed by atoms with van der Waals surface area (Å²) in [5, 5.41) is 44.8. The van der Waals surface area contributed by atoms with Crippen LogP contribution in [0, 0.1) is 16.7 Å². The summed E-state index contributed by atoms with van der Waals surface area (Å²) >= 11 is 0.812. The highest BCUT2D eigenvalue weighted by Crippen LogP contribution is 2.33. The van der Waals surface area contributed by atoms with Gasteiger partial charge in [-0.25, -0.2) is 4.79 Å². The number of amides is 1. The molecule has 10 nitrogen and oxygen atoms in total. The minimum atomic E-state index is -1.36. The third-order valence-electron chi connectivity index (χ3n) is 4.11. The maximum atomic E-state index is 12.6. The zero-order chi connectivity index (χ0) is 23.1. The Morgan fingerprint density at radius 2 is 1.87 bits per heavy atom. The number of hydrogen-bond acceptors (Lipinski definition) is 9. The third kappa shape index (κ3) is 5.02. The Balaban J connectivity index is 2.43. The van der Waals surface area contributed by atoms with Gasteiger partial charge < -0.3 is 27.0 Å². The molecule has 0 saturated heterocycles. The topological polar surface area (TPSA) is 212 Å². The number of carboxylic acids is 1. The van der Waals surface area contributed by atoms with E-state index < -0.39 is 23.3 Å². The second-order valence-corrected chi connectivity index (χ2v) is 6.65. The second-order valence-electron chi connectivity index (χ2n) is 5.97. The van der Waals surface area contributed by atoms with Crippen LogP contribution in [0.5, 0.6) is 5.75 Å². The summed E-state index contributed by atoms with van der Waals surface area (Å²) in [6.07, 6.45) is 4.00. The molecular formula is C20H18N6O4S. The molecule has 0 aromatic heterocycles. The second kappa shape index (κ2) is 9.97. The molecule has 0 heterocycles. The molecule has 0 bridgehead atoms. The molecule has 158 valence electrons. The summed E-state index contributed by atoms with van der Waals surface area (Å²) in [5.41, 5.74) is 10.8. The van der Waals surface area contributed by atoms with Crippen LogP contribution >= 0.6 is 11.9 Å². The Labute approximate surface area is 181 Å². The predicted molar refractivity (Wildman–Crippen MR) is 117 cm³/mol. The number of aromatic carboxylic acids is 1. The summed E-state index contributed by atoms with van der Waals surface area (Å²) in [7, 11) is 0. The van der Waals surface area contributed by atoms with Crippen molar-refractivity contribution in [1.82, 2.24) is 0 Å². The van der Waals surface area contributed by atoms with Crippen molar-refractivity contribution in [2.24, 2.45) is 16.6 Å². The summed E-state index contributed by atoms with van der Waals surface area (Å²) in [5.74, 6) is -2.72. The highest BCUT2D eigenvalue weighted by molar-refractivity contribution is 7.97. The first kappa shape index (κ1) is 23.0. The molecule has 2 rings (SSSR count). The Morgan fingerprint density at radius 3 is 2.42 bits per heavy atom. The first-order valence-electron chi connectivity index (χ1n) is 8.49. The lowest BCUT2D eigenvalue weighted by atomic mass is 10.0. The number of rotatable bonds is 7. The number of aromatic hydroxyl groups is 1. The van der Waals surface area contributed by atoms with Crippen molar-refractivity contribution in [2.75, 3.05) is 5.32 Å². The van der Waals surface area contributed by atoms with Crippen molar-refractivity contribution in [3.8, 4) is 11.8 Å². The van der Waals surface area contributed by atoms with E-state index in [1.54, 1.807) is 0 Å². The van der Waals surface area contributed by atoms with E-state index in [4.69, 9.17) is 27.3 Å². The van der Waals surface area contributed by atoms with Gasteiger partial charge in [0.25, 0.3) is 5.91 Å². The summed E-state index contributed by atoms with van der Waals surface area (Å²) in [6.45, 7) is 0. The number of nitrogens with one attached hydrogen (secondary N) is 2. The smallest absolute Gasteiger partial charge is 0.337 e. The van der Waals surface area contributed by atoms with E-state index in [0.29, 0.717) is 16.0 Å². The number of carboxylic acid groups (broad SMARTS) is 1. The van der Waals surface area contributed by atoms with Gasteiger partial charge in [0.15, 0.2) is 0 Å². The van der Waals surface area contributed by atoms with Crippen LogP contribution < -0.4 is 21.9 Å². The summed E-state index contributed by atoms with van der Waals surface area (Å²) < 4.78 is 0. The van der Waals surface area contributed by atoms with E-state index in [9.17, 15) is 19.8 Å². The molecule has 10 N–H and O–H groups in total. The minimum Gasteiger partial charge on any atom is -0.507 e. The van der Waals surface area contributed by atoms with Crippen molar-refractivity contribution >= 4 is 40.8 Å². The molecule has 0 aliphatic heterocycles. The molecular weight excluding hydrogens is 420 g/mol. The van der Waals surface area contributed by atoms with Crippen molar-refractivity contribution in [3.05, 3.63) is 71.1 Å². The molecule has 2 aromatic rings. The lowest BCUT2D eigenvalue weighted by Gasteiger charge is -2.14. The van der Waals surface area contributed by atoms with Crippen molar-refractivity contribution in [2.45, 2.75) is 4.90 Å². The van der Waals surface area contributed by atoms with E-state index in [0.717, 1.165) is 18.0 Å². The number of nitriles is 1. The Hall–Kier alpha value is -4.27. The fourth-order valence-corrected chi connectivity index (χ4v) is 3.13. The summed E-state index contributed by atoms with van der Waals surface area (Å²) in [4.78, 5) is 24.4. The third-order valence-corrected chi connectivity index (χ3v) is 4.71. The van der Waals surface area contributed by atoms with E-state index in [2.05, 4.69) is 5.32 Å². The number of anilines is 1. The van der Waals surface area contributed by atoms with Gasteiger partial charge in [0.2, 0.25) is 0 Å². The van der Waals surface area contributed by atoms with Gasteiger partial charge in [-0.05, 0) is 60.1 Å². The maximum absolute atomic E-state index is 12.6. The number of allylic oxidation sites excluding steroid dienone is 2. The fraction of sp³-hybridized carbons (Fsp3) is 0. The normalized spacial score (nSPS) is 11.2. The van der Waals surface area contributed by atoms with Gasteiger partial charge in [0.1, 0.15) is 11.5 Å². The number of phenols is 1. The first-order valence-corrected chi connectivity index (χ1v) is 9.37. The highest BCUT2D eigenvalue weighted by atomic mass is 32.2. The lowest BCUT2D eigenvalue weighted by molar-refractivity contribution is -0.110. The number of carbonyl (C=O) groups is 2. The average molecular weight is 438 g/mol. The van der Waals surface area contributed by atoms with E-state index in [-0.39, 0.29) is 22.4 Å². The fourth-order valence-electron chi connectivity index (χ4n) is 2.64. The predicted octanol–water partition coefficient (Wildman–Crippen LogP) is 1.71. The van der Waals surface area contributed by atoms with Crippen molar-refractivity contribution in [3.63, 3.8) is 0 Å². The number of phenolic OH excluding ortho intramolecular Hbond substituents is 1. The quantitative estimate of drug-likeness (QED) is 0.190. The Morgan fingerprint density at radius 1 is 1.16 bits per heavy atom. The standard InChI is InChI=1S/C20H18N6O4S/c21-4-3-11(9-23)12-6-16(27)14(7-17(12)31-25)18(24)19(28)26-15-2-1-10(8-22)5-13(15)20(29)30/h1-7,9,24,27H,21,23,25H2,(H,26,28)(H,29,30)/b4-3-,11-9+,24-18?. The summed E-state index contributed by atoms with van der Waals surface area (Å²) in [6, 6.07) is 8.10. The SMILES string of the molecule is N#Cc1ccc(NC(=O)C(=N)c2cc(SN)c(C(/C=C\N)=C/N)cc2O)c(C(=O)O)c1. The molecule has 11 heteroatoms. The molecule has 2 aromatic carbocycles. The average Bonchev–Trinajstić information content (AvgIpc) is 2.76. The minimum absolute atomic E-state index is 0.0959. The Bertz CT molecular complexity index is 1170. The number of hydrogen-bond donors (Lipinski definition) is 7. The molecule has 1 amide bonds. The molecule has 0 spiro atoms. The van der Waals surface area contributed by atoms with Crippen LogP contribution in [-0.4, -0.2) is 27.8 Å². The van der Waals surface area contributed by atoms with Gasteiger partial charge in [-0.15, -0.1) is 0 Å². The first-order chi connectivity index (χ1) is 14.8. The number of carbonyl (C=O) groups excluding carboxylic acids is 1. The monoisotopic (exact) mass is 438 g/mol. The van der Waals surface area contributed by atoms with Crippen LogP contribution in [0.3, 0.4) is 0 Å². The molecule has 0 atom stereocenters.